The molecule has 0 aliphatic heterocycles. The van der Waals surface area contributed by atoms with E-state index in [1.807, 2.05) is 24.4 Å². The van der Waals surface area contributed by atoms with Gasteiger partial charge in [-0.2, -0.15) is 4.98 Å². The smallest absolute Gasteiger partial charge is 0.230 e. The molecule has 4 nitrogen and oxygen atoms in total. The molecule has 1 N–H and O–H groups in total. The molecule has 0 atom stereocenters. The van der Waals surface area contributed by atoms with Gasteiger partial charge in [-0.1, -0.05) is 17.3 Å². The molecule has 0 saturated heterocycles. The van der Waals surface area contributed by atoms with E-state index >= 15 is 0 Å². The second-order valence-electron chi connectivity index (χ2n) is 4.88. The normalized spacial score (nSPS) is 15.6. The Morgan fingerprint density at radius 3 is 2.95 bits per heavy atom. The summed E-state index contributed by atoms with van der Waals surface area (Å²) in [7, 11) is 0. The third-order valence-corrected chi connectivity index (χ3v) is 3.61. The molecule has 4 heteroatoms. The fourth-order valence-electron chi connectivity index (χ4n) is 2.53. The molecule has 0 saturated carbocycles. The molecule has 2 aromatic heterocycles. The molecule has 94 valence electrons. The van der Waals surface area contributed by atoms with Crippen LogP contribution in [0.25, 0.3) is 22.3 Å². The van der Waals surface area contributed by atoms with Crippen LogP contribution in [0.15, 0.2) is 47.1 Å². The molecule has 3 aromatic rings. The maximum atomic E-state index is 5.39. The van der Waals surface area contributed by atoms with Gasteiger partial charge in [0.1, 0.15) is 0 Å². The number of nitrogens with zero attached hydrogens (tertiary/aromatic N) is 2. The standard InChI is InChI=1S/C15H13N3O/c1-2-4-10(3-1)15-17-14(18-19-15)12-5-6-13-11(9-12)7-8-16-13/h1-2,5-10,16H,3-4H2. The molecule has 1 aliphatic carbocycles. The van der Waals surface area contributed by atoms with Gasteiger partial charge in [-0.3, -0.25) is 0 Å². The highest BCUT2D eigenvalue weighted by Crippen LogP contribution is 2.30. The quantitative estimate of drug-likeness (QED) is 0.707. The number of aromatic nitrogens is 3. The average Bonchev–Trinajstić information content (AvgIpc) is 3.18. The summed E-state index contributed by atoms with van der Waals surface area (Å²) in [4.78, 5) is 7.70. The third-order valence-electron chi connectivity index (χ3n) is 3.61. The molecule has 1 aromatic carbocycles. The highest BCUT2D eigenvalue weighted by molar-refractivity contribution is 5.83. The Hall–Kier alpha value is -2.36. The van der Waals surface area contributed by atoms with Crippen LogP contribution < -0.4 is 0 Å². The predicted octanol–water partition coefficient (Wildman–Crippen LogP) is 3.65. The molecule has 1 aliphatic rings. The lowest BCUT2D eigenvalue weighted by atomic mass is 10.1. The summed E-state index contributed by atoms with van der Waals surface area (Å²) in [6.07, 6.45) is 8.26. The summed E-state index contributed by atoms with van der Waals surface area (Å²) >= 11 is 0. The monoisotopic (exact) mass is 251 g/mol. The largest absolute Gasteiger partial charge is 0.361 e. The number of hydrogen-bond acceptors (Lipinski definition) is 3. The molecule has 0 unspecified atom stereocenters. The number of fused-ring (bicyclic) bond motifs is 1. The van der Waals surface area contributed by atoms with Gasteiger partial charge in [0.15, 0.2) is 0 Å². The summed E-state index contributed by atoms with van der Waals surface area (Å²) < 4.78 is 5.39. The van der Waals surface area contributed by atoms with Gasteiger partial charge in [-0.25, -0.2) is 0 Å². The van der Waals surface area contributed by atoms with Crippen LogP contribution in [0.2, 0.25) is 0 Å². The van der Waals surface area contributed by atoms with Crippen LogP contribution >= 0.6 is 0 Å². The Kier molecular flexibility index (Phi) is 2.27. The van der Waals surface area contributed by atoms with E-state index in [1.54, 1.807) is 0 Å². The van der Waals surface area contributed by atoms with Crippen molar-refractivity contribution in [3.63, 3.8) is 0 Å². The van der Waals surface area contributed by atoms with Crippen molar-refractivity contribution in [1.82, 2.24) is 15.1 Å². The average molecular weight is 251 g/mol. The summed E-state index contributed by atoms with van der Waals surface area (Å²) in [6.45, 7) is 0. The van der Waals surface area contributed by atoms with E-state index in [-0.39, 0.29) is 0 Å². The van der Waals surface area contributed by atoms with Crippen molar-refractivity contribution >= 4 is 10.9 Å². The molecule has 2 heterocycles. The Morgan fingerprint density at radius 1 is 1.16 bits per heavy atom. The van der Waals surface area contributed by atoms with Gasteiger partial charge in [-0.15, -0.1) is 0 Å². The highest BCUT2D eigenvalue weighted by atomic mass is 16.5. The molecule has 19 heavy (non-hydrogen) atoms. The van der Waals surface area contributed by atoms with Crippen molar-refractivity contribution in [2.24, 2.45) is 0 Å². The first-order valence-corrected chi connectivity index (χ1v) is 6.46. The van der Waals surface area contributed by atoms with Crippen molar-refractivity contribution in [3.8, 4) is 11.4 Å². The number of rotatable bonds is 2. The Bertz CT molecular complexity index is 745. The zero-order valence-corrected chi connectivity index (χ0v) is 10.3. The molecular weight excluding hydrogens is 238 g/mol. The fourth-order valence-corrected chi connectivity index (χ4v) is 2.53. The van der Waals surface area contributed by atoms with Crippen molar-refractivity contribution in [2.45, 2.75) is 18.8 Å². The van der Waals surface area contributed by atoms with Crippen molar-refractivity contribution < 1.29 is 4.52 Å². The number of benzene rings is 1. The molecule has 0 amide bonds. The second kappa shape index (κ2) is 4.09. The molecule has 0 radical (unpaired) electrons. The van der Waals surface area contributed by atoms with E-state index in [0.717, 1.165) is 35.2 Å². The van der Waals surface area contributed by atoms with E-state index in [9.17, 15) is 0 Å². The van der Waals surface area contributed by atoms with Crippen LogP contribution in [-0.4, -0.2) is 15.1 Å². The minimum Gasteiger partial charge on any atom is -0.361 e. The number of H-pyrrole nitrogens is 1. The van der Waals surface area contributed by atoms with Crippen molar-refractivity contribution in [1.29, 1.82) is 0 Å². The molecule has 0 fully saturated rings. The lowest BCUT2D eigenvalue weighted by molar-refractivity contribution is 0.357. The van der Waals surface area contributed by atoms with Gasteiger partial charge >= 0.3 is 0 Å². The molecule has 0 spiro atoms. The van der Waals surface area contributed by atoms with Gasteiger partial charge in [-0.05, 0) is 37.1 Å². The lowest BCUT2D eigenvalue weighted by Crippen LogP contribution is -1.92. The van der Waals surface area contributed by atoms with Crippen molar-refractivity contribution in [3.05, 3.63) is 48.5 Å². The Balaban J connectivity index is 1.71. The minimum atomic E-state index is 0.359. The van der Waals surface area contributed by atoms with Crippen LogP contribution in [0, 0.1) is 0 Å². The third kappa shape index (κ3) is 1.76. The topological polar surface area (TPSA) is 54.7 Å². The maximum absolute atomic E-state index is 5.39. The lowest BCUT2D eigenvalue weighted by Gasteiger charge is -1.99. The van der Waals surface area contributed by atoms with Gasteiger partial charge < -0.3 is 9.51 Å². The van der Waals surface area contributed by atoms with E-state index in [0.29, 0.717) is 11.7 Å². The predicted molar refractivity (Wildman–Crippen MR) is 72.7 cm³/mol. The highest BCUT2D eigenvalue weighted by Gasteiger charge is 2.20. The SMILES string of the molecule is C1=CCC(c2nc(-c3ccc4[nH]ccc4c3)no2)C1. The van der Waals surface area contributed by atoms with Gasteiger partial charge in [0, 0.05) is 28.6 Å². The zero-order chi connectivity index (χ0) is 12.7. The Morgan fingerprint density at radius 2 is 2.05 bits per heavy atom. The number of hydrogen-bond donors (Lipinski definition) is 1. The van der Waals surface area contributed by atoms with Gasteiger partial charge in [0.05, 0.1) is 0 Å². The van der Waals surface area contributed by atoms with E-state index in [1.165, 1.54) is 0 Å². The number of nitrogens with one attached hydrogen (secondary N) is 1. The van der Waals surface area contributed by atoms with E-state index in [4.69, 9.17) is 4.52 Å². The van der Waals surface area contributed by atoms with Gasteiger partial charge in [0.25, 0.3) is 0 Å². The first kappa shape index (κ1) is 10.6. The fraction of sp³-hybridized carbons (Fsp3) is 0.200. The van der Waals surface area contributed by atoms with Crippen LogP contribution in [0.1, 0.15) is 24.7 Å². The summed E-state index contributed by atoms with van der Waals surface area (Å²) in [5.74, 6) is 1.77. The first-order chi connectivity index (χ1) is 9.40. The second-order valence-corrected chi connectivity index (χ2v) is 4.88. The summed E-state index contributed by atoms with van der Waals surface area (Å²) in [6, 6.07) is 8.17. The van der Waals surface area contributed by atoms with Crippen LogP contribution in [0.5, 0.6) is 0 Å². The van der Waals surface area contributed by atoms with Gasteiger partial charge in [0.2, 0.25) is 11.7 Å². The molecular formula is C15H13N3O. The zero-order valence-electron chi connectivity index (χ0n) is 10.3. The summed E-state index contributed by atoms with van der Waals surface area (Å²) in [5, 5.41) is 5.26. The first-order valence-electron chi connectivity index (χ1n) is 6.46. The summed E-state index contributed by atoms with van der Waals surface area (Å²) in [5.41, 5.74) is 2.11. The molecule has 0 bridgehead atoms. The van der Waals surface area contributed by atoms with Crippen LogP contribution in [0.3, 0.4) is 0 Å². The maximum Gasteiger partial charge on any atom is 0.230 e. The van der Waals surface area contributed by atoms with Crippen molar-refractivity contribution in [2.75, 3.05) is 0 Å². The number of aromatic amines is 1. The minimum absolute atomic E-state index is 0.359. The van der Waals surface area contributed by atoms with E-state index in [2.05, 4.69) is 33.3 Å². The molecule has 4 rings (SSSR count). The Labute approximate surface area is 110 Å². The van der Waals surface area contributed by atoms with Crippen LogP contribution in [0.4, 0.5) is 0 Å². The number of allylic oxidation sites excluding steroid dienone is 2. The van der Waals surface area contributed by atoms with Crippen LogP contribution in [-0.2, 0) is 0 Å². The van der Waals surface area contributed by atoms with E-state index < -0.39 is 0 Å².